The lowest BCUT2D eigenvalue weighted by molar-refractivity contribution is 0.612. The van der Waals surface area contributed by atoms with Crippen molar-refractivity contribution >= 4 is 39.3 Å². The van der Waals surface area contributed by atoms with E-state index in [1.807, 2.05) is 43.2 Å². The van der Waals surface area contributed by atoms with Crippen molar-refractivity contribution in [1.82, 2.24) is 58.6 Å². The highest BCUT2D eigenvalue weighted by Gasteiger charge is 2.12. The Bertz CT molecular complexity index is 1860. The zero-order valence-electron chi connectivity index (χ0n) is 24.9. The van der Waals surface area contributed by atoms with E-state index in [1.165, 1.54) is 6.33 Å². The Hall–Kier alpha value is -4.75. The van der Waals surface area contributed by atoms with Gasteiger partial charge in [0.1, 0.15) is 29.0 Å². The minimum absolute atomic E-state index is 0. The summed E-state index contributed by atoms with van der Waals surface area (Å²) in [5.74, 6) is 1.85. The van der Waals surface area contributed by atoms with Gasteiger partial charge in [0.2, 0.25) is 0 Å². The molecular weight excluding hydrogens is 534 g/mol. The molecule has 6 rings (SSSR count). The predicted octanol–water partition coefficient (Wildman–Crippen LogP) is 4.66. The summed E-state index contributed by atoms with van der Waals surface area (Å²) in [5, 5.41) is 0. The van der Waals surface area contributed by atoms with Gasteiger partial charge in [-0.2, -0.15) is 0 Å². The third-order valence-electron chi connectivity index (χ3n) is 6.31. The molecule has 42 heavy (non-hydrogen) atoms. The van der Waals surface area contributed by atoms with Crippen LogP contribution in [0.25, 0.3) is 33.5 Å². The normalized spacial score (nSPS) is 11.1. The molecular formula is C28H41N13O. The maximum atomic E-state index is 11.5. The van der Waals surface area contributed by atoms with Gasteiger partial charge in [0.15, 0.2) is 28.3 Å². The summed E-state index contributed by atoms with van der Waals surface area (Å²) in [6.45, 7) is 18.1. The standard InChI is InChI=1S/C10H14N4.C9H12N4O.C8H11N5.CH4/c1-6(2)14-5-11-9-7(3)12-8(4)13-10(9)14;1-5(2)13-4-10-7-8(13)11-6(3)12-9(7)14;1-5(2)13-4-12-6-7(9)10-3-11-8(6)13;/h5-6H,1-4H3;4-5H,1-3H3,(H,11,12,14);3-5H,1-2H3,(H2,9,10,11);1H4. The van der Waals surface area contributed by atoms with Crippen LogP contribution in [0.3, 0.4) is 0 Å². The van der Waals surface area contributed by atoms with Crippen molar-refractivity contribution < 1.29 is 0 Å². The number of aromatic nitrogens is 12. The number of aryl methyl sites for hydroxylation is 3. The lowest BCUT2D eigenvalue weighted by atomic mass is 10.3. The van der Waals surface area contributed by atoms with Gasteiger partial charge in [-0.1, -0.05) is 7.43 Å². The van der Waals surface area contributed by atoms with Crippen molar-refractivity contribution in [3.63, 3.8) is 0 Å². The number of imidazole rings is 3. The quantitative estimate of drug-likeness (QED) is 0.302. The SMILES string of the molecule is C.CC(C)n1cnc2c(N)ncnc21.Cc1nc(C)c2ncn(C(C)C)c2n1.Cc1nc2c(ncn2C(C)C)c(=O)[nH]1. The molecule has 0 aliphatic heterocycles. The zero-order chi connectivity index (χ0) is 30.0. The maximum absolute atomic E-state index is 11.5. The van der Waals surface area contributed by atoms with E-state index >= 15 is 0 Å². The molecule has 3 N–H and O–H groups in total. The summed E-state index contributed by atoms with van der Waals surface area (Å²) >= 11 is 0. The van der Waals surface area contributed by atoms with Crippen molar-refractivity contribution in [3.8, 4) is 0 Å². The van der Waals surface area contributed by atoms with Crippen molar-refractivity contribution in [1.29, 1.82) is 0 Å². The average molecular weight is 576 g/mol. The van der Waals surface area contributed by atoms with Gasteiger partial charge >= 0.3 is 0 Å². The first-order valence-corrected chi connectivity index (χ1v) is 13.4. The molecule has 0 saturated carbocycles. The fourth-order valence-corrected chi connectivity index (χ4v) is 4.23. The maximum Gasteiger partial charge on any atom is 0.279 e. The molecule has 0 spiro atoms. The second-order valence-corrected chi connectivity index (χ2v) is 10.5. The number of hydrogen-bond acceptors (Lipinski definition) is 10. The highest BCUT2D eigenvalue weighted by atomic mass is 16.1. The molecule has 14 heteroatoms. The monoisotopic (exact) mass is 575 g/mol. The van der Waals surface area contributed by atoms with Crippen LogP contribution in [0.4, 0.5) is 5.82 Å². The van der Waals surface area contributed by atoms with Gasteiger partial charge in [-0.05, 0) is 62.3 Å². The van der Waals surface area contributed by atoms with Gasteiger partial charge < -0.3 is 24.4 Å². The number of nitrogens with zero attached hydrogens (tertiary/aromatic N) is 11. The fourth-order valence-electron chi connectivity index (χ4n) is 4.23. The predicted molar refractivity (Wildman–Crippen MR) is 165 cm³/mol. The second-order valence-electron chi connectivity index (χ2n) is 10.5. The molecule has 0 amide bonds. The van der Waals surface area contributed by atoms with Crippen LogP contribution >= 0.6 is 0 Å². The number of hydrogen-bond donors (Lipinski definition) is 2. The van der Waals surface area contributed by atoms with Crippen LogP contribution in [0.1, 0.15) is 84.4 Å². The number of rotatable bonds is 3. The number of fused-ring (bicyclic) bond motifs is 3. The van der Waals surface area contributed by atoms with E-state index in [2.05, 4.69) is 77.1 Å². The molecule has 14 nitrogen and oxygen atoms in total. The van der Waals surface area contributed by atoms with E-state index in [0.29, 0.717) is 40.4 Å². The van der Waals surface area contributed by atoms with E-state index in [0.717, 1.165) is 28.3 Å². The van der Waals surface area contributed by atoms with Crippen molar-refractivity contribution in [3.05, 3.63) is 53.0 Å². The topological polar surface area (TPSA) is 177 Å². The Morgan fingerprint density at radius 1 is 0.667 bits per heavy atom. The van der Waals surface area contributed by atoms with Crippen molar-refractivity contribution in [2.24, 2.45) is 0 Å². The minimum atomic E-state index is -0.174. The van der Waals surface area contributed by atoms with E-state index in [-0.39, 0.29) is 19.0 Å². The first kappa shape index (κ1) is 31.8. The number of aromatic amines is 1. The first-order chi connectivity index (χ1) is 19.4. The molecule has 0 unspecified atom stereocenters. The molecule has 0 atom stereocenters. The van der Waals surface area contributed by atoms with Crippen LogP contribution in [0.2, 0.25) is 0 Å². The molecule has 0 fully saturated rings. The molecule has 6 aromatic rings. The Morgan fingerprint density at radius 3 is 1.74 bits per heavy atom. The summed E-state index contributed by atoms with van der Waals surface area (Å²) in [7, 11) is 0. The van der Waals surface area contributed by atoms with Gasteiger partial charge in [-0.25, -0.2) is 39.9 Å². The Morgan fingerprint density at radius 2 is 1.17 bits per heavy atom. The van der Waals surface area contributed by atoms with Crippen LogP contribution in [0.15, 0.2) is 30.1 Å². The number of nitrogen functional groups attached to an aromatic ring is 1. The van der Waals surface area contributed by atoms with Gasteiger partial charge in [0, 0.05) is 18.1 Å². The molecule has 6 heterocycles. The third-order valence-corrected chi connectivity index (χ3v) is 6.31. The second kappa shape index (κ2) is 12.8. The van der Waals surface area contributed by atoms with E-state index in [1.54, 1.807) is 19.6 Å². The Balaban J connectivity index is 0.000000171. The van der Waals surface area contributed by atoms with Gasteiger partial charge in [-0.3, -0.25) is 4.79 Å². The summed E-state index contributed by atoms with van der Waals surface area (Å²) < 4.78 is 5.92. The average Bonchev–Trinajstić information content (AvgIpc) is 3.62. The van der Waals surface area contributed by atoms with Gasteiger partial charge in [0.25, 0.3) is 5.56 Å². The number of H-pyrrole nitrogens is 1. The van der Waals surface area contributed by atoms with Crippen molar-refractivity contribution in [2.45, 2.75) is 87.9 Å². The lowest BCUT2D eigenvalue weighted by Crippen LogP contribution is -2.11. The Kier molecular flexibility index (Phi) is 9.71. The summed E-state index contributed by atoms with van der Waals surface area (Å²) in [4.78, 5) is 47.6. The number of anilines is 1. The van der Waals surface area contributed by atoms with Crippen LogP contribution in [0.5, 0.6) is 0 Å². The van der Waals surface area contributed by atoms with Crippen LogP contribution in [-0.4, -0.2) is 58.6 Å². The van der Waals surface area contributed by atoms with Crippen LogP contribution in [0, 0.1) is 20.8 Å². The number of nitrogens with two attached hydrogens (primary N) is 1. The van der Waals surface area contributed by atoms with E-state index in [9.17, 15) is 4.79 Å². The molecule has 224 valence electrons. The zero-order valence-corrected chi connectivity index (χ0v) is 24.9. The number of nitrogens with one attached hydrogen (secondary N) is 1. The highest BCUT2D eigenvalue weighted by molar-refractivity contribution is 5.81. The summed E-state index contributed by atoms with van der Waals surface area (Å²) in [6.07, 6.45) is 6.67. The summed E-state index contributed by atoms with van der Waals surface area (Å²) in [6, 6.07) is 0.974. The van der Waals surface area contributed by atoms with Crippen LogP contribution < -0.4 is 11.3 Å². The molecule has 0 saturated heterocycles. The fraction of sp³-hybridized carbons (Fsp3) is 0.464. The summed E-state index contributed by atoms with van der Waals surface area (Å²) in [5.41, 5.74) is 10.8. The van der Waals surface area contributed by atoms with Gasteiger partial charge in [-0.15, -0.1) is 0 Å². The molecule has 6 aromatic heterocycles. The third kappa shape index (κ3) is 6.42. The molecule has 0 radical (unpaired) electrons. The smallest absolute Gasteiger partial charge is 0.279 e. The Labute approximate surface area is 244 Å². The molecule has 0 aliphatic rings. The van der Waals surface area contributed by atoms with E-state index < -0.39 is 0 Å². The van der Waals surface area contributed by atoms with Crippen molar-refractivity contribution in [2.75, 3.05) is 5.73 Å². The molecule has 0 aliphatic carbocycles. The van der Waals surface area contributed by atoms with Gasteiger partial charge in [0.05, 0.1) is 24.7 Å². The first-order valence-electron chi connectivity index (χ1n) is 13.4. The van der Waals surface area contributed by atoms with Crippen LogP contribution in [-0.2, 0) is 0 Å². The molecule has 0 bridgehead atoms. The largest absolute Gasteiger partial charge is 0.382 e. The lowest BCUT2D eigenvalue weighted by Gasteiger charge is -2.07. The molecule has 0 aromatic carbocycles. The highest BCUT2D eigenvalue weighted by Crippen LogP contribution is 2.18. The van der Waals surface area contributed by atoms with E-state index in [4.69, 9.17) is 5.73 Å². The minimum Gasteiger partial charge on any atom is -0.382 e.